The number of hydrogen-bond donors (Lipinski definition) is 1. The van der Waals surface area contributed by atoms with E-state index in [2.05, 4.69) is 12.2 Å². The van der Waals surface area contributed by atoms with Gasteiger partial charge in [0.25, 0.3) is 0 Å². The van der Waals surface area contributed by atoms with Gasteiger partial charge >= 0.3 is 0 Å². The fourth-order valence-electron chi connectivity index (χ4n) is 3.74. The smallest absolute Gasteiger partial charge is 0.227 e. The average Bonchev–Trinajstić information content (AvgIpc) is 2.56. The maximum absolute atomic E-state index is 13.0. The molecule has 0 spiro atoms. The molecule has 1 aromatic carbocycles. The van der Waals surface area contributed by atoms with Crippen molar-refractivity contribution >= 4 is 29.8 Å². The number of rotatable bonds is 5. The van der Waals surface area contributed by atoms with Crippen LogP contribution in [-0.2, 0) is 17.6 Å². The van der Waals surface area contributed by atoms with Gasteiger partial charge in [0.05, 0.1) is 0 Å². The maximum Gasteiger partial charge on any atom is 0.227 e. The third-order valence-electron chi connectivity index (χ3n) is 5.18. The van der Waals surface area contributed by atoms with E-state index in [0.717, 1.165) is 49.2 Å². The Balaban J connectivity index is 0.00000156. The first kappa shape index (κ1) is 21.6. The first-order valence-corrected chi connectivity index (χ1v) is 8.79. The number of ketones is 1. The van der Waals surface area contributed by atoms with Crippen LogP contribution in [0.3, 0.4) is 0 Å². The van der Waals surface area contributed by atoms with Crippen LogP contribution in [0.15, 0.2) is 12.1 Å². The van der Waals surface area contributed by atoms with E-state index >= 15 is 0 Å². The highest BCUT2D eigenvalue weighted by Gasteiger charge is 2.33. The number of aryl methyl sites for hydroxylation is 1. The summed E-state index contributed by atoms with van der Waals surface area (Å²) in [5.41, 5.74) is 4.09. The maximum atomic E-state index is 13.0. The van der Waals surface area contributed by atoms with Crippen LogP contribution < -0.4 is 10.2 Å². The van der Waals surface area contributed by atoms with Gasteiger partial charge in [0.15, 0.2) is 5.78 Å². The lowest BCUT2D eigenvalue weighted by Crippen LogP contribution is -2.36. The SMILES string of the molecule is CCCCNCC1CCc2ccc3c(c2C1=O)CCC(=O)N3C.Cl.O. The van der Waals surface area contributed by atoms with Crippen LogP contribution in [0.25, 0.3) is 0 Å². The van der Waals surface area contributed by atoms with E-state index in [1.54, 1.807) is 4.90 Å². The van der Waals surface area contributed by atoms with Crippen molar-refractivity contribution in [2.24, 2.45) is 5.92 Å². The zero-order valence-electron chi connectivity index (χ0n) is 15.1. The van der Waals surface area contributed by atoms with E-state index in [-0.39, 0.29) is 35.5 Å². The number of fused-ring (bicyclic) bond motifs is 3. The molecule has 0 radical (unpaired) electrons. The molecular formula is C19H29ClN2O3. The Labute approximate surface area is 155 Å². The van der Waals surface area contributed by atoms with Crippen LogP contribution in [0.4, 0.5) is 5.69 Å². The summed E-state index contributed by atoms with van der Waals surface area (Å²) in [5, 5.41) is 3.43. The number of hydrogen-bond acceptors (Lipinski definition) is 3. The van der Waals surface area contributed by atoms with E-state index in [1.807, 2.05) is 19.2 Å². The second-order valence-electron chi connectivity index (χ2n) is 6.71. The summed E-state index contributed by atoms with van der Waals surface area (Å²) in [6, 6.07) is 4.06. The van der Waals surface area contributed by atoms with Crippen molar-refractivity contribution in [2.75, 3.05) is 25.0 Å². The molecule has 140 valence electrons. The highest BCUT2D eigenvalue weighted by molar-refractivity contribution is 6.05. The van der Waals surface area contributed by atoms with Gasteiger partial charge in [-0.2, -0.15) is 0 Å². The number of nitrogens with one attached hydrogen (secondary N) is 1. The first-order chi connectivity index (χ1) is 11.1. The van der Waals surface area contributed by atoms with E-state index in [0.29, 0.717) is 12.8 Å². The molecule has 1 heterocycles. The molecule has 1 atom stereocenters. The van der Waals surface area contributed by atoms with E-state index in [4.69, 9.17) is 0 Å². The van der Waals surface area contributed by atoms with Crippen molar-refractivity contribution in [2.45, 2.75) is 45.4 Å². The molecule has 1 aliphatic carbocycles. The quantitative estimate of drug-likeness (QED) is 0.810. The highest BCUT2D eigenvalue weighted by atomic mass is 35.5. The highest BCUT2D eigenvalue weighted by Crippen LogP contribution is 2.36. The molecule has 5 nitrogen and oxygen atoms in total. The first-order valence-electron chi connectivity index (χ1n) is 8.79. The Morgan fingerprint density at radius 3 is 2.68 bits per heavy atom. The zero-order valence-corrected chi connectivity index (χ0v) is 15.9. The molecule has 0 saturated heterocycles. The molecular weight excluding hydrogens is 340 g/mol. The normalized spacial score (nSPS) is 18.8. The Morgan fingerprint density at radius 2 is 1.96 bits per heavy atom. The summed E-state index contributed by atoms with van der Waals surface area (Å²) >= 11 is 0. The Bertz CT molecular complexity index is 633. The molecule has 1 amide bonds. The molecule has 0 saturated carbocycles. The lowest BCUT2D eigenvalue weighted by Gasteiger charge is -2.32. The Morgan fingerprint density at radius 1 is 1.20 bits per heavy atom. The van der Waals surface area contributed by atoms with Crippen molar-refractivity contribution < 1.29 is 15.1 Å². The standard InChI is InChI=1S/C19H26N2O2.ClH.H2O/c1-3-4-11-20-12-14-6-5-13-7-9-16-15(18(13)19(14)23)8-10-17(22)21(16)2;;/h7,9,14,20H,3-6,8,10-12H2,1-2H3;1H;1H2. The molecule has 0 fully saturated rings. The molecule has 0 aromatic heterocycles. The van der Waals surface area contributed by atoms with Crippen molar-refractivity contribution in [3.63, 3.8) is 0 Å². The second kappa shape index (κ2) is 9.32. The lowest BCUT2D eigenvalue weighted by atomic mass is 9.78. The van der Waals surface area contributed by atoms with E-state index < -0.39 is 0 Å². The molecule has 1 aliphatic heterocycles. The van der Waals surface area contributed by atoms with Crippen LogP contribution in [0.5, 0.6) is 0 Å². The van der Waals surface area contributed by atoms with E-state index in [1.165, 1.54) is 12.0 Å². The van der Waals surface area contributed by atoms with Gasteiger partial charge in [0, 0.05) is 37.2 Å². The lowest BCUT2D eigenvalue weighted by molar-refractivity contribution is -0.118. The molecule has 2 aliphatic rings. The minimum atomic E-state index is 0. The summed E-state index contributed by atoms with van der Waals surface area (Å²) in [6.45, 7) is 3.93. The van der Waals surface area contributed by atoms with Crippen molar-refractivity contribution in [3.8, 4) is 0 Å². The summed E-state index contributed by atoms with van der Waals surface area (Å²) < 4.78 is 0. The molecule has 1 unspecified atom stereocenters. The monoisotopic (exact) mass is 368 g/mol. The van der Waals surface area contributed by atoms with Crippen LogP contribution in [0, 0.1) is 5.92 Å². The van der Waals surface area contributed by atoms with Crippen LogP contribution >= 0.6 is 12.4 Å². The Hall–Kier alpha value is -1.43. The number of benzene rings is 1. The Kier molecular flexibility index (Phi) is 8.06. The van der Waals surface area contributed by atoms with Crippen LogP contribution in [0.2, 0.25) is 0 Å². The van der Waals surface area contributed by atoms with Gasteiger partial charge < -0.3 is 15.7 Å². The van der Waals surface area contributed by atoms with Crippen molar-refractivity contribution in [1.29, 1.82) is 0 Å². The summed E-state index contributed by atoms with van der Waals surface area (Å²) in [7, 11) is 1.81. The number of anilines is 1. The van der Waals surface area contributed by atoms with Gasteiger partial charge in [-0.05, 0) is 49.4 Å². The second-order valence-corrected chi connectivity index (χ2v) is 6.71. The van der Waals surface area contributed by atoms with Gasteiger partial charge in [0.1, 0.15) is 0 Å². The van der Waals surface area contributed by atoms with Gasteiger partial charge in [-0.15, -0.1) is 12.4 Å². The fourth-order valence-corrected chi connectivity index (χ4v) is 3.74. The van der Waals surface area contributed by atoms with E-state index in [9.17, 15) is 9.59 Å². The number of carbonyl (C=O) groups is 2. The number of halogens is 1. The number of nitrogens with zero attached hydrogens (tertiary/aromatic N) is 1. The summed E-state index contributed by atoms with van der Waals surface area (Å²) in [5.74, 6) is 0.488. The largest absolute Gasteiger partial charge is 0.412 e. The predicted octanol–water partition coefficient (Wildman–Crippen LogP) is 2.33. The minimum absolute atomic E-state index is 0. The number of unbranched alkanes of at least 4 members (excludes halogenated alkanes) is 1. The van der Waals surface area contributed by atoms with Gasteiger partial charge in [-0.1, -0.05) is 19.4 Å². The van der Waals surface area contributed by atoms with Gasteiger partial charge in [-0.25, -0.2) is 0 Å². The zero-order chi connectivity index (χ0) is 16.4. The molecule has 3 N–H and O–H groups in total. The third-order valence-corrected chi connectivity index (χ3v) is 5.18. The third kappa shape index (κ3) is 4.22. The van der Waals surface area contributed by atoms with Crippen molar-refractivity contribution in [3.05, 3.63) is 28.8 Å². The summed E-state index contributed by atoms with van der Waals surface area (Å²) in [6.07, 6.45) is 5.42. The molecule has 3 rings (SSSR count). The predicted molar refractivity (Wildman–Crippen MR) is 103 cm³/mol. The fraction of sp³-hybridized carbons (Fsp3) is 0.579. The molecule has 25 heavy (non-hydrogen) atoms. The minimum Gasteiger partial charge on any atom is -0.412 e. The number of amides is 1. The van der Waals surface area contributed by atoms with Gasteiger partial charge in [-0.3, -0.25) is 9.59 Å². The average molecular weight is 369 g/mol. The van der Waals surface area contributed by atoms with Crippen LogP contribution in [-0.4, -0.2) is 37.3 Å². The molecule has 6 heteroatoms. The topological polar surface area (TPSA) is 80.9 Å². The summed E-state index contributed by atoms with van der Waals surface area (Å²) in [4.78, 5) is 26.6. The molecule has 0 bridgehead atoms. The molecule has 1 aromatic rings. The van der Waals surface area contributed by atoms with Crippen LogP contribution in [0.1, 0.15) is 54.1 Å². The van der Waals surface area contributed by atoms with Crippen molar-refractivity contribution in [1.82, 2.24) is 5.32 Å². The number of carbonyl (C=O) groups excluding carboxylic acids is 2. The van der Waals surface area contributed by atoms with Gasteiger partial charge in [0.2, 0.25) is 5.91 Å². The number of Topliss-reactive ketones (excluding diaryl/α,β-unsaturated/α-hetero) is 1.